The fourth-order valence-corrected chi connectivity index (χ4v) is 2.06. The van der Waals surface area contributed by atoms with Crippen LogP contribution < -0.4 is 5.73 Å². The third-order valence-electron chi connectivity index (χ3n) is 2.18. The van der Waals surface area contributed by atoms with Gasteiger partial charge in [-0.15, -0.1) is 5.10 Å². The van der Waals surface area contributed by atoms with Crippen LogP contribution in [0.5, 0.6) is 0 Å². The highest BCUT2D eigenvalue weighted by Crippen LogP contribution is 2.10. The molecular formula is C9H17N5O2S. The molecule has 0 aliphatic rings. The van der Waals surface area contributed by atoms with Gasteiger partial charge in [0.1, 0.15) is 6.04 Å². The van der Waals surface area contributed by atoms with E-state index in [1.165, 1.54) is 11.8 Å². The van der Waals surface area contributed by atoms with Crippen molar-refractivity contribution >= 4 is 17.7 Å². The lowest BCUT2D eigenvalue weighted by Crippen LogP contribution is -2.32. The molecule has 1 aromatic heterocycles. The summed E-state index contributed by atoms with van der Waals surface area (Å²) in [5.74, 6) is 0.720. The first-order chi connectivity index (χ1) is 8.15. The predicted octanol–water partition coefficient (Wildman–Crippen LogP) is 0.118. The number of nitrogens with two attached hydrogens (primary N) is 1. The van der Waals surface area contributed by atoms with Gasteiger partial charge in [-0.1, -0.05) is 13.3 Å². The molecule has 0 aliphatic carbocycles. The number of aromatic nitrogens is 4. The highest BCUT2D eigenvalue weighted by molar-refractivity contribution is 7.98. The number of aryl methyl sites for hydroxylation is 1. The average molecular weight is 259 g/mol. The number of carboxylic acids is 1. The van der Waals surface area contributed by atoms with Crippen molar-refractivity contribution in [3.05, 3.63) is 5.82 Å². The van der Waals surface area contributed by atoms with Crippen LogP contribution in [-0.4, -0.2) is 43.1 Å². The standard InChI is InChI=1S/C9H17N5O2S/c1-2-3-4-14-8(11-12-13-14)6-17-5-7(10)9(15)16/h7H,2-6,10H2,1H3,(H,15,16). The quantitative estimate of drug-likeness (QED) is 0.682. The van der Waals surface area contributed by atoms with E-state index in [2.05, 4.69) is 22.4 Å². The third kappa shape index (κ3) is 4.70. The van der Waals surface area contributed by atoms with Crippen molar-refractivity contribution in [2.24, 2.45) is 5.73 Å². The van der Waals surface area contributed by atoms with Gasteiger partial charge < -0.3 is 10.8 Å². The molecule has 0 bridgehead atoms. The Labute approximate surface area is 104 Å². The van der Waals surface area contributed by atoms with E-state index in [4.69, 9.17) is 10.8 Å². The highest BCUT2D eigenvalue weighted by Gasteiger charge is 2.12. The number of thioether (sulfide) groups is 1. The topological polar surface area (TPSA) is 107 Å². The summed E-state index contributed by atoms with van der Waals surface area (Å²) < 4.78 is 1.75. The Bertz CT molecular complexity index is 357. The summed E-state index contributed by atoms with van der Waals surface area (Å²) in [5.41, 5.74) is 5.40. The first-order valence-electron chi connectivity index (χ1n) is 5.46. The molecule has 7 nitrogen and oxygen atoms in total. The van der Waals surface area contributed by atoms with Gasteiger partial charge in [0.15, 0.2) is 5.82 Å². The minimum atomic E-state index is -0.983. The van der Waals surface area contributed by atoms with E-state index in [-0.39, 0.29) is 0 Å². The second-order valence-electron chi connectivity index (χ2n) is 3.63. The zero-order valence-electron chi connectivity index (χ0n) is 9.74. The van der Waals surface area contributed by atoms with Gasteiger partial charge in [-0.2, -0.15) is 11.8 Å². The normalized spacial score (nSPS) is 12.6. The van der Waals surface area contributed by atoms with Gasteiger partial charge in [0, 0.05) is 12.3 Å². The average Bonchev–Trinajstić information content (AvgIpc) is 2.73. The summed E-state index contributed by atoms with van der Waals surface area (Å²) in [7, 11) is 0. The van der Waals surface area contributed by atoms with E-state index in [1.54, 1.807) is 4.68 Å². The molecule has 1 atom stereocenters. The lowest BCUT2D eigenvalue weighted by atomic mass is 10.3. The van der Waals surface area contributed by atoms with Gasteiger partial charge in [-0.25, -0.2) is 4.68 Å². The van der Waals surface area contributed by atoms with Gasteiger partial charge in [-0.05, 0) is 16.8 Å². The van der Waals surface area contributed by atoms with Crippen LogP contribution in [0.4, 0.5) is 0 Å². The monoisotopic (exact) mass is 259 g/mol. The SMILES string of the molecule is CCCCn1nnnc1CSCC(N)C(=O)O. The Morgan fingerprint density at radius 2 is 2.41 bits per heavy atom. The molecule has 1 rings (SSSR count). The first kappa shape index (κ1) is 13.9. The molecule has 96 valence electrons. The molecule has 1 unspecified atom stereocenters. The van der Waals surface area contributed by atoms with Crippen LogP contribution in [0.15, 0.2) is 0 Å². The maximum atomic E-state index is 10.5. The Kier molecular flexibility index (Phi) is 5.92. The fraction of sp³-hybridized carbons (Fsp3) is 0.778. The number of unbranched alkanes of at least 4 members (excludes halogenated alkanes) is 1. The molecule has 0 fully saturated rings. The van der Waals surface area contributed by atoms with Crippen molar-refractivity contribution in [2.75, 3.05) is 5.75 Å². The highest BCUT2D eigenvalue weighted by atomic mass is 32.2. The lowest BCUT2D eigenvalue weighted by Gasteiger charge is -2.06. The molecule has 1 aromatic rings. The van der Waals surface area contributed by atoms with E-state index in [0.717, 1.165) is 25.2 Å². The fourth-order valence-electron chi connectivity index (χ4n) is 1.16. The van der Waals surface area contributed by atoms with Crippen molar-refractivity contribution in [1.29, 1.82) is 0 Å². The van der Waals surface area contributed by atoms with Crippen LogP contribution in [0.1, 0.15) is 25.6 Å². The van der Waals surface area contributed by atoms with E-state index >= 15 is 0 Å². The smallest absolute Gasteiger partial charge is 0.321 e. The summed E-state index contributed by atoms with van der Waals surface area (Å²) in [6, 6.07) is -0.833. The molecule has 0 radical (unpaired) electrons. The molecule has 0 spiro atoms. The number of hydrogen-bond acceptors (Lipinski definition) is 6. The summed E-state index contributed by atoms with van der Waals surface area (Å²) in [5, 5.41) is 20.0. The largest absolute Gasteiger partial charge is 0.480 e. The number of tetrazole rings is 1. The lowest BCUT2D eigenvalue weighted by molar-refractivity contribution is -0.137. The molecule has 0 aromatic carbocycles. The second kappa shape index (κ2) is 7.23. The maximum Gasteiger partial charge on any atom is 0.321 e. The van der Waals surface area contributed by atoms with Crippen LogP contribution in [0, 0.1) is 0 Å². The summed E-state index contributed by atoms with van der Waals surface area (Å²) in [6.07, 6.45) is 2.10. The minimum absolute atomic E-state index is 0.357. The number of carboxylic acid groups (broad SMARTS) is 1. The van der Waals surface area contributed by atoms with Crippen LogP contribution in [0.3, 0.4) is 0 Å². The Balaban J connectivity index is 2.36. The summed E-state index contributed by atoms with van der Waals surface area (Å²) >= 11 is 1.43. The second-order valence-corrected chi connectivity index (χ2v) is 4.66. The van der Waals surface area contributed by atoms with Crippen LogP contribution in [-0.2, 0) is 17.1 Å². The number of carbonyl (C=O) groups is 1. The van der Waals surface area contributed by atoms with Crippen molar-refractivity contribution in [1.82, 2.24) is 20.2 Å². The van der Waals surface area contributed by atoms with E-state index < -0.39 is 12.0 Å². The van der Waals surface area contributed by atoms with E-state index in [1.807, 2.05) is 0 Å². The zero-order valence-corrected chi connectivity index (χ0v) is 10.6. The zero-order chi connectivity index (χ0) is 12.7. The number of nitrogens with zero attached hydrogens (tertiary/aromatic N) is 4. The minimum Gasteiger partial charge on any atom is -0.480 e. The van der Waals surface area contributed by atoms with Gasteiger partial charge in [0.05, 0.1) is 5.75 Å². The van der Waals surface area contributed by atoms with Gasteiger partial charge >= 0.3 is 5.97 Å². The number of hydrogen-bond donors (Lipinski definition) is 2. The van der Waals surface area contributed by atoms with E-state index in [9.17, 15) is 4.79 Å². The molecule has 3 N–H and O–H groups in total. The molecular weight excluding hydrogens is 242 g/mol. The van der Waals surface area contributed by atoms with Crippen molar-refractivity contribution in [2.45, 2.75) is 38.1 Å². The van der Waals surface area contributed by atoms with Crippen LogP contribution >= 0.6 is 11.8 Å². The molecule has 17 heavy (non-hydrogen) atoms. The molecule has 0 saturated heterocycles. The third-order valence-corrected chi connectivity index (χ3v) is 3.23. The maximum absolute atomic E-state index is 10.5. The summed E-state index contributed by atoms with van der Waals surface area (Å²) in [6.45, 7) is 2.90. The Morgan fingerprint density at radius 1 is 1.65 bits per heavy atom. The first-order valence-corrected chi connectivity index (χ1v) is 6.61. The summed E-state index contributed by atoms with van der Waals surface area (Å²) in [4.78, 5) is 10.5. The van der Waals surface area contributed by atoms with Crippen molar-refractivity contribution in [3.8, 4) is 0 Å². The van der Waals surface area contributed by atoms with Gasteiger partial charge in [0.25, 0.3) is 0 Å². The molecule has 0 amide bonds. The molecule has 1 heterocycles. The van der Waals surface area contributed by atoms with Crippen molar-refractivity contribution in [3.63, 3.8) is 0 Å². The van der Waals surface area contributed by atoms with Gasteiger partial charge in [-0.3, -0.25) is 4.79 Å². The van der Waals surface area contributed by atoms with Crippen LogP contribution in [0.2, 0.25) is 0 Å². The van der Waals surface area contributed by atoms with Crippen LogP contribution in [0.25, 0.3) is 0 Å². The Morgan fingerprint density at radius 3 is 3.06 bits per heavy atom. The molecule has 0 saturated carbocycles. The molecule has 0 aliphatic heterocycles. The number of aliphatic carboxylic acids is 1. The number of rotatable bonds is 8. The molecule has 8 heteroatoms. The predicted molar refractivity (Wildman–Crippen MR) is 64.5 cm³/mol. The Hall–Kier alpha value is -1.15. The van der Waals surface area contributed by atoms with Crippen molar-refractivity contribution < 1.29 is 9.90 Å². The van der Waals surface area contributed by atoms with E-state index in [0.29, 0.717) is 11.5 Å². The van der Waals surface area contributed by atoms with Gasteiger partial charge in [0.2, 0.25) is 0 Å².